The van der Waals surface area contributed by atoms with Gasteiger partial charge in [0.05, 0.1) is 18.0 Å². The number of hydrogen-bond acceptors (Lipinski definition) is 4. The molecule has 0 bridgehead atoms. The molecule has 1 amide bonds. The number of rotatable bonds is 5. The summed E-state index contributed by atoms with van der Waals surface area (Å²) in [6.07, 6.45) is 4.77. The van der Waals surface area contributed by atoms with Gasteiger partial charge in [-0.2, -0.15) is 0 Å². The number of anilines is 2. The van der Waals surface area contributed by atoms with Crippen molar-refractivity contribution in [3.63, 3.8) is 0 Å². The zero-order valence-electron chi connectivity index (χ0n) is 14.9. The van der Waals surface area contributed by atoms with E-state index >= 15 is 0 Å². The van der Waals surface area contributed by atoms with Crippen LogP contribution in [0.2, 0.25) is 0 Å². The standard InChI is InChI=1S/C21H26N4O/c22-21(26)16-6-11-20-19(12-16)24-14-25(20)18-9-7-17(8-10-18)23-13-15-4-2-1-3-5-15/h1-6,11-12,17-18,23-24H,7-10,13-14H2,(H2,22,26). The molecule has 1 fully saturated rings. The Balaban J connectivity index is 1.33. The molecule has 1 heterocycles. The van der Waals surface area contributed by atoms with Crippen LogP contribution in [0.3, 0.4) is 0 Å². The van der Waals surface area contributed by atoms with Crippen molar-refractivity contribution in [2.24, 2.45) is 5.73 Å². The zero-order chi connectivity index (χ0) is 17.9. The maximum absolute atomic E-state index is 11.4. The predicted octanol–water partition coefficient (Wildman–Crippen LogP) is 3.08. The van der Waals surface area contributed by atoms with Crippen LogP contribution in [0.1, 0.15) is 41.6 Å². The number of hydrogen-bond donors (Lipinski definition) is 3. The molecular formula is C21H26N4O. The van der Waals surface area contributed by atoms with Crippen molar-refractivity contribution in [3.05, 3.63) is 59.7 Å². The number of amides is 1. The average molecular weight is 350 g/mol. The fourth-order valence-electron chi connectivity index (χ4n) is 4.11. The fourth-order valence-corrected chi connectivity index (χ4v) is 4.11. The monoisotopic (exact) mass is 350 g/mol. The Kier molecular flexibility index (Phi) is 4.80. The highest BCUT2D eigenvalue weighted by Gasteiger charge is 2.30. The Morgan fingerprint density at radius 3 is 2.62 bits per heavy atom. The normalized spacial score (nSPS) is 21.9. The molecule has 0 spiro atoms. The van der Waals surface area contributed by atoms with E-state index in [1.165, 1.54) is 36.9 Å². The lowest BCUT2D eigenvalue weighted by atomic mass is 9.90. The van der Waals surface area contributed by atoms with Gasteiger partial charge in [-0.3, -0.25) is 4.79 Å². The number of carbonyl (C=O) groups is 1. The van der Waals surface area contributed by atoms with Crippen LogP contribution in [0, 0.1) is 0 Å². The SMILES string of the molecule is NC(=O)c1ccc2c(c1)NCN2C1CCC(NCc2ccccc2)CC1. The number of benzene rings is 2. The summed E-state index contributed by atoms with van der Waals surface area (Å²) in [5.41, 5.74) is 9.50. The van der Waals surface area contributed by atoms with E-state index in [-0.39, 0.29) is 5.91 Å². The molecule has 1 saturated carbocycles. The molecular weight excluding hydrogens is 324 g/mol. The lowest BCUT2D eigenvalue weighted by molar-refractivity contribution is 0.100. The summed E-state index contributed by atoms with van der Waals surface area (Å²) in [6, 6.07) is 17.5. The summed E-state index contributed by atoms with van der Waals surface area (Å²) in [7, 11) is 0. The van der Waals surface area contributed by atoms with E-state index in [0.29, 0.717) is 17.6 Å². The Hall–Kier alpha value is -2.53. The van der Waals surface area contributed by atoms with Gasteiger partial charge in [0.25, 0.3) is 0 Å². The van der Waals surface area contributed by atoms with Crippen LogP contribution in [0.4, 0.5) is 11.4 Å². The minimum Gasteiger partial charge on any atom is -0.366 e. The maximum atomic E-state index is 11.4. The second kappa shape index (κ2) is 7.38. The first-order valence-electron chi connectivity index (χ1n) is 9.42. The second-order valence-corrected chi connectivity index (χ2v) is 7.27. The van der Waals surface area contributed by atoms with Crippen LogP contribution in [0.15, 0.2) is 48.5 Å². The second-order valence-electron chi connectivity index (χ2n) is 7.27. The molecule has 0 radical (unpaired) electrons. The third kappa shape index (κ3) is 3.53. The Labute approximate surface area is 154 Å². The summed E-state index contributed by atoms with van der Waals surface area (Å²) >= 11 is 0. The van der Waals surface area contributed by atoms with Crippen molar-refractivity contribution in [1.82, 2.24) is 5.32 Å². The lowest BCUT2D eigenvalue weighted by Crippen LogP contribution is -2.42. The summed E-state index contributed by atoms with van der Waals surface area (Å²) in [5, 5.41) is 7.11. The highest BCUT2D eigenvalue weighted by Crippen LogP contribution is 2.37. The van der Waals surface area contributed by atoms with Gasteiger partial charge in [-0.25, -0.2) is 0 Å². The molecule has 0 aromatic heterocycles. The van der Waals surface area contributed by atoms with Crippen LogP contribution in [-0.4, -0.2) is 24.7 Å². The molecule has 4 N–H and O–H groups in total. The Morgan fingerprint density at radius 2 is 1.88 bits per heavy atom. The number of fused-ring (bicyclic) bond motifs is 1. The van der Waals surface area contributed by atoms with Gasteiger partial charge in [-0.15, -0.1) is 0 Å². The molecule has 5 nitrogen and oxygen atoms in total. The Morgan fingerprint density at radius 1 is 1.12 bits per heavy atom. The largest absolute Gasteiger partial charge is 0.366 e. The van der Waals surface area contributed by atoms with Gasteiger partial charge in [-0.05, 0) is 49.4 Å². The van der Waals surface area contributed by atoms with E-state index in [2.05, 4.69) is 45.9 Å². The molecule has 2 aromatic carbocycles. The molecule has 2 aromatic rings. The zero-order valence-corrected chi connectivity index (χ0v) is 14.9. The summed E-state index contributed by atoms with van der Waals surface area (Å²) in [6.45, 7) is 1.75. The van der Waals surface area contributed by atoms with Crippen LogP contribution < -0.4 is 21.3 Å². The molecule has 0 saturated heterocycles. The number of carbonyl (C=O) groups excluding carboxylic acids is 1. The van der Waals surface area contributed by atoms with Crippen LogP contribution in [0.25, 0.3) is 0 Å². The summed E-state index contributed by atoms with van der Waals surface area (Å²) in [5.74, 6) is -0.377. The van der Waals surface area contributed by atoms with Crippen molar-refractivity contribution >= 4 is 17.3 Å². The highest BCUT2D eigenvalue weighted by molar-refractivity contribution is 5.95. The molecule has 26 heavy (non-hydrogen) atoms. The lowest BCUT2D eigenvalue weighted by Gasteiger charge is -2.36. The van der Waals surface area contributed by atoms with Gasteiger partial charge in [-0.1, -0.05) is 30.3 Å². The van der Waals surface area contributed by atoms with E-state index in [9.17, 15) is 4.79 Å². The Bertz CT molecular complexity index is 769. The third-order valence-corrected chi connectivity index (χ3v) is 5.61. The number of primary amides is 1. The molecule has 5 heteroatoms. The first kappa shape index (κ1) is 16.9. The van der Waals surface area contributed by atoms with E-state index in [1.54, 1.807) is 0 Å². The molecule has 1 aliphatic carbocycles. The predicted molar refractivity (Wildman–Crippen MR) is 105 cm³/mol. The van der Waals surface area contributed by atoms with Crippen LogP contribution >= 0.6 is 0 Å². The topological polar surface area (TPSA) is 70.4 Å². The fraction of sp³-hybridized carbons (Fsp3) is 0.381. The van der Waals surface area contributed by atoms with E-state index < -0.39 is 0 Å². The molecule has 2 aliphatic rings. The van der Waals surface area contributed by atoms with Crippen LogP contribution in [0.5, 0.6) is 0 Å². The molecule has 0 atom stereocenters. The van der Waals surface area contributed by atoms with Crippen molar-refractivity contribution in [3.8, 4) is 0 Å². The van der Waals surface area contributed by atoms with Gasteiger partial charge in [0, 0.05) is 24.2 Å². The first-order chi connectivity index (χ1) is 12.7. The van der Waals surface area contributed by atoms with Gasteiger partial charge in [0.15, 0.2) is 0 Å². The van der Waals surface area contributed by atoms with Gasteiger partial charge in [0.2, 0.25) is 5.91 Å². The number of nitrogens with one attached hydrogen (secondary N) is 2. The minimum atomic E-state index is -0.377. The van der Waals surface area contributed by atoms with Gasteiger partial charge >= 0.3 is 0 Å². The third-order valence-electron chi connectivity index (χ3n) is 5.61. The van der Waals surface area contributed by atoms with Crippen LogP contribution in [-0.2, 0) is 6.54 Å². The molecule has 136 valence electrons. The smallest absolute Gasteiger partial charge is 0.248 e. The minimum absolute atomic E-state index is 0.377. The van der Waals surface area contributed by atoms with E-state index in [1.807, 2.05) is 18.2 Å². The van der Waals surface area contributed by atoms with E-state index in [0.717, 1.165) is 18.9 Å². The first-order valence-corrected chi connectivity index (χ1v) is 9.42. The van der Waals surface area contributed by atoms with Crippen molar-refractivity contribution < 1.29 is 4.79 Å². The number of nitrogens with two attached hydrogens (primary N) is 1. The maximum Gasteiger partial charge on any atom is 0.248 e. The summed E-state index contributed by atoms with van der Waals surface area (Å²) in [4.78, 5) is 13.8. The van der Waals surface area contributed by atoms with Gasteiger partial charge in [0.1, 0.15) is 0 Å². The highest BCUT2D eigenvalue weighted by atomic mass is 16.1. The average Bonchev–Trinajstić information content (AvgIpc) is 3.11. The van der Waals surface area contributed by atoms with Gasteiger partial charge < -0.3 is 21.3 Å². The van der Waals surface area contributed by atoms with E-state index in [4.69, 9.17) is 5.73 Å². The summed E-state index contributed by atoms with van der Waals surface area (Å²) < 4.78 is 0. The quantitative estimate of drug-likeness (QED) is 0.775. The van der Waals surface area contributed by atoms with Crippen molar-refractivity contribution in [2.75, 3.05) is 16.9 Å². The molecule has 0 unspecified atom stereocenters. The molecule has 1 aliphatic heterocycles. The molecule has 4 rings (SSSR count). The number of nitrogens with zero attached hydrogens (tertiary/aromatic N) is 1. The van der Waals surface area contributed by atoms with Crippen molar-refractivity contribution in [1.29, 1.82) is 0 Å². The van der Waals surface area contributed by atoms with Crippen molar-refractivity contribution in [2.45, 2.75) is 44.3 Å².